The predicted molar refractivity (Wildman–Crippen MR) is 576 cm³/mol. The summed E-state index contributed by atoms with van der Waals surface area (Å²) in [5.74, 6) is 17.1. The molecule has 0 spiro atoms. The lowest BCUT2D eigenvalue weighted by Crippen LogP contribution is -2.63. The standard InChI is InChI=1S/C19H32O3.C18H30O3.C18H28O2.C16H28O3.C15H26O3.2C11H18O.C8H16O2.C7H14O2.C2H6O/c1-6-16(2,3)15(20)22-17(4,5)18-8-13-7-14(9-18)11-19(21,10-13)12-18;1-5-12(2)15(19)21-16(3,4)17-7-13-6-14(8-17)10-18(20,9-13)11-17;1-4-18(2,3)17(19)20-14-9-12-8-13(14)16-11-6-5-10(7-11)15(12)16;1-4-14(2,3)13(17)19-16-11-7-5-9-15(16,18)10-6-8-12-16;1-4-13(2,3)12(16)18-15-10-6-5-8-14(15,17)9-7-11-15;2*12-6-7-3-10-8-1-2-9(5-8)11(10)4-7;1-5-8(3,4)7(9)10-6-2;1-4-6(3)7(8)9-5-2;1-2-3/h13-14,21H,6-12H2,1-5H3;12-14,20H,5-11H2,1-4H3;10-16H,4-9H2,1-3H3;18H,4-12H2,1-3H3;17H,4-11H2,1-3H3;2*7-12H,1-6H2;5-6H2,1-4H3;6H,4-5H2,1-3H3;3H,2H2,1H3. The molecule has 0 radical (unpaired) electrons. The molecule has 0 aliphatic heterocycles. The summed E-state index contributed by atoms with van der Waals surface area (Å²) in [6, 6.07) is 0. The Labute approximate surface area is 885 Å². The van der Waals surface area contributed by atoms with Crippen molar-refractivity contribution < 1.29 is 102 Å². The lowest BCUT2D eigenvalue weighted by Gasteiger charge is -2.64. The molecule has 22 fully saturated rings. The molecule has 842 valence electrons. The van der Waals surface area contributed by atoms with Crippen molar-refractivity contribution >= 4 is 41.8 Å². The lowest BCUT2D eigenvalue weighted by atomic mass is 9.44. The summed E-state index contributed by atoms with van der Waals surface area (Å²) in [7, 11) is 0. The van der Waals surface area contributed by atoms with Gasteiger partial charge in [-0.2, -0.15) is 0 Å². The van der Waals surface area contributed by atoms with E-state index >= 15 is 0 Å². The van der Waals surface area contributed by atoms with E-state index in [1.165, 1.54) is 109 Å². The van der Waals surface area contributed by atoms with Crippen LogP contribution in [0.15, 0.2) is 0 Å². The molecule has 21 nitrogen and oxygen atoms in total. The highest BCUT2D eigenvalue weighted by Crippen LogP contribution is 2.71. The fraction of sp³-hybridized carbons (Fsp3) is 0.944. The minimum Gasteiger partial charge on any atom is -0.466 e. The first-order valence-corrected chi connectivity index (χ1v) is 60.6. The first-order valence-electron chi connectivity index (χ1n) is 60.6. The predicted octanol–water partition coefficient (Wildman–Crippen LogP) is 26.3. The zero-order valence-electron chi connectivity index (χ0n) is 97.3. The number of aliphatic hydroxyl groups is 7. The Kier molecular flexibility index (Phi) is 41.2. The second-order valence-corrected chi connectivity index (χ2v) is 56.4. The van der Waals surface area contributed by atoms with Crippen LogP contribution in [0.4, 0.5) is 0 Å². The number of hydrogen-bond acceptors (Lipinski definition) is 21. The molecule has 0 aromatic heterocycles. The summed E-state index contributed by atoms with van der Waals surface area (Å²) in [6.45, 7) is 53.1. The molecule has 0 heterocycles. The minimum absolute atomic E-state index is 0.0189. The molecule has 23 atom stereocenters. The van der Waals surface area contributed by atoms with E-state index in [-0.39, 0.29) is 88.0 Å². The second kappa shape index (κ2) is 49.2. The van der Waals surface area contributed by atoms with Gasteiger partial charge >= 0.3 is 41.8 Å². The van der Waals surface area contributed by atoms with E-state index in [1.54, 1.807) is 6.92 Å². The summed E-state index contributed by atoms with van der Waals surface area (Å²) in [5.41, 5.74) is -6.71. The number of carbonyl (C=O) groups excluding carboxylic acids is 7. The summed E-state index contributed by atoms with van der Waals surface area (Å²) in [5, 5.41) is 69.3. The topological polar surface area (TPSA) is 326 Å². The van der Waals surface area contributed by atoms with Crippen LogP contribution in [0.3, 0.4) is 0 Å². The Bertz CT molecular complexity index is 4110. The molecule has 0 aromatic carbocycles. The van der Waals surface area contributed by atoms with Gasteiger partial charge in [0.2, 0.25) is 0 Å². The molecule has 0 aromatic rings. The zero-order valence-corrected chi connectivity index (χ0v) is 97.3. The number of aliphatic hydroxyl groups excluding tert-OH is 3. The molecule has 23 unspecified atom stereocenters. The molecule has 21 heteroatoms. The maximum atomic E-state index is 12.6. The van der Waals surface area contributed by atoms with E-state index in [2.05, 4.69) is 34.6 Å². The summed E-state index contributed by atoms with van der Waals surface area (Å²) in [6.07, 6.45) is 53.5. The van der Waals surface area contributed by atoms with Gasteiger partial charge in [0.25, 0.3) is 0 Å². The average molecular weight is 2060 g/mol. The van der Waals surface area contributed by atoms with Crippen LogP contribution < -0.4 is 0 Å². The van der Waals surface area contributed by atoms with E-state index in [4.69, 9.17) is 48.5 Å². The van der Waals surface area contributed by atoms with Crippen LogP contribution >= 0.6 is 0 Å². The number of fused-ring (bicyclic) bond motifs is 21. The Morgan fingerprint density at radius 3 is 0.993 bits per heavy atom. The third-order valence-corrected chi connectivity index (χ3v) is 44.2. The van der Waals surface area contributed by atoms with Crippen molar-refractivity contribution in [2.45, 2.75) is 546 Å². The summed E-state index contributed by atoms with van der Waals surface area (Å²) >= 11 is 0. The summed E-state index contributed by atoms with van der Waals surface area (Å²) in [4.78, 5) is 83.8. The van der Waals surface area contributed by atoms with Crippen molar-refractivity contribution in [2.24, 2.45) is 168 Å². The van der Waals surface area contributed by atoms with Gasteiger partial charge in [0.15, 0.2) is 0 Å². The molecule has 0 amide bonds. The van der Waals surface area contributed by atoms with Crippen LogP contribution in [0.5, 0.6) is 0 Å². The minimum atomic E-state index is -0.775. The number of hydrogen-bond donors (Lipinski definition) is 7. The highest BCUT2D eigenvalue weighted by molar-refractivity contribution is 5.78. The van der Waals surface area contributed by atoms with Crippen molar-refractivity contribution in [1.29, 1.82) is 0 Å². The van der Waals surface area contributed by atoms with E-state index in [0.29, 0.717) is 67.9 Å². The molecule has 22 saturated carbocycles. The van der Waals surface area contributed by atoms with Gasteiger partial charge < -0.3 is 68.9 Å². The van der Waals surface area contributed by atoms with E-state index < -0.39 is 61.1 Å². The highest BCUT2D eigenvalue weighted by atomic mass is 16.6. The van der Waals surface area contributed by atoms with Crippen LogP contribution in [0.2, 0.25) is 0 Å². The fourth-order valence-electron chi connectivity index (χ4n) is 33.5. The normalized spacial score (nSPS) is 39.0. The third-order valence-electron chi connectivity index (χ3n) is 44.2. The first-order chi connectivity index (χ1) is 68.3. The number of carbonyl (C=O) groups is 7. The van der Waals surface area contributed by atoms with Gasteiger partial charge in [-0.1, -0.05) is 81.6 Å². The molecule has 0 saturated heterocycles. The van der Waals surface area contributed by atoms with Crippen LogP contribution in [-0.4, -0.2) is 161 Å². The van der Waals surface area contributed by atoms with Crippen molar-refractivity contribution in [1.82, 2.24) is 0 Å². The largest absolute Gasteiger partial charge is 0.466 e. The lowest BCUT2D eigenvalue weighted by molar-refractivity contribution is -0.236. The van der Waals surface area contributed by atoms with Crippen LogP contribution in [-0.2, 0) is 66.7 Å². The first kappa shape index (κ1) is 122. The van der Waals surface area contributed by atoms with Crippen LogP contribution in [0.1, 0.15) is 495 Å². The van der Waals surface area contributed by atoms with Crippen molar-refractivity contribution in [3.8, 4) is 0 Å². The zero-order chi connectivity index (χ0) is 108. The maximum Gasteiger partial charge on any atom is 0.312 e. The SMILES string of the molecule is CCC(C)(C)C(=O)OC(C)(C)C12CC3CC(CC(O)(C3)C1)C2.CCC(C)(C)C(=O)OC12CCCCC1(O)CCC2.CCC(C)(C)C(=O)OC12CCCCC1(O)CCCC2.CCC(C)(C)C(=O)OC1CC2CC1C1C3CCC(C3)C21.CCC(C)C(=O)OC(C)(C)C12CC3CC(CC(O)(C3)C1)C2.CCO.CCOC(=O)C(C)(C)CC.CCOC(=O)C(C)CC.OCC1CC2C3CCC(C3)C2C1.OCC1CC2C3CCC(C3)C2C1. The number of ether oxygens (including phenoxy) is 7. The van der Waals surface area contributed by atoms with Crippen LogP contribution in [0, 0.1) is 168 Å². The Morgan fingerprint density at radius 1 is 0.322 bits per heavy atom. The molecule has 7 N–H and O–H groups in total. The number of rotatable bonds is 25. The van der Waals surface area contributed by atoms with Gasteiger partial charge in [-0.25, -0.2) is 0 Å². The molecule has 16 bridgehead atoms. The van der Waals surface area contributed by atoms with E-state index in [1.807, 2.05) is 138 Å². The smallest absolute Gasteiger partial charge is 0.312 e. The van der Waals surface area contributed by atoms with Gasteiger partial charge in [0.05, 0.1) is 63.3 Å². The van der Waals surface area contributed by atoms with Gasteiger partial charge in [-0.05, 0) is 531 Å². The Balaban J connectivity index is 0.000000158. The average Bonchev–Trinajstić information content (AvgIpc) is 1.37. The molecular weight excluding hydrogens is 1840 g/mol. The molecule has 22 rings (SSSR count). The Hall–Kier alpha value is -3.99. The quantitative estimate of drug-likeness (QED) is 0.0254. The summed E-state index contributed by atoms with van der Waals surface area (Å²) < 4.78 is 39.5. The van der Waals surface area contributed by atoms with Gasteiger partial charge in [-0.3, -0.25) is 33.6 Å². The molecule has 146 heavy (non-hydrogen) atoms. The molecular formula is C125H216O21. The fourth-order valence-corrected chi connectivity index (χ4v) is 33.5. The van der Waals surface area contributed by atoms with Crippen LogP contribution in [0.25, 0.3) is 0 Å². The van der Waals surface area contributed by atoms with Gasteiger partial charge in [0, 0.05) is 30.7 Å². The van der Waals surface area contributed by atoms with Crippen molar-refractivity contribution in [2.75, 3.05) is 33.0 Å². The van der Waals surface area contributed by atoms with Crippen molar-refractivity contribution in [3.63, 3.8) is 0 Å². The van der Waals surface area contributed by atoms with E-state index in [0.717, 1.165) is 282 Å². The highest BCUT2D eigenvalue weighted by Gasteiger charge is 2.68. The molecule has 22 aliphatic carbocycles. The Morgan fingerprint density at radius 2 is 0.637 bits per heavy atom. The number of esters is 7. The van der Waals surface area contributed by atoms with E-state index in [9.17, 15) is 54.0 Å². The molecule has 22 aliphatic rings. The van der Waals surface area contributed by atoms with Gasteiger partial charge in [-0.15, -0.1) is 0 Å². The van der Waals surface area contributed by atoms with Gasteiger partial charge in [0.1, 0.15) is 39.7 Å². The maximum absolute atomic E-state index is 12.6. The monoisotopic (exact) mass is 2050 g/mol. The second-order valence-electron chi connectivity index (χ2n) is 56.4. The van der Waals surface area contributed by atoms with Crippen molar-refractivity contribution in [3.05, 3.63) is 0 Å². The third kappa shape index (κ3) is 26.9.